The molecule has 1 aromatic heterocycles. The standard InChI is InChI=1S/C29H28N4O2/c1-17-6-5-8-23(28(30)22-7-3-4-9-26(22)34-2)27(17)18-10-11-24-19(12-18)13-25(29(31)32-24)33-15-21-14-20(33)16-35-21/h3-13,20-21,30H,14-16H2,1-2H3,(H2,31,32)/t20-,21-/m0/s1. The number of hydrogen-bond acceptors (Lipinski definition) is 6. The lowest BCUT2D eigenvalue weighted by Gasteiger charge is -2.29. The van der Waals surface area contributed by atoms with E-state index >= 15 is 0 Å². The Morgan fingerprint density at radius 2 is 1.91 bits per heavy atom. The van der Waals surface area contributed by atoms with E-state index in [1.807, 2.05) is 42.5 Å². The quantitative estimate of drug-likeness (QED) is 0.397. The zero-order valence-electron chi connectivity index (χ0n) is 19.9. The SMILES string of the molecule is COc1ccccc1C(=N)c1cccc(C)c1-c1ccc2nc(N)c(N3C[C@@H]4C[C@H]3CO4)cc2c1. The van der Waals surface area contributed by atoms with Gasteiger partial charge in [0.1, 0.15) is 11.6 Å². The molecule has 6 nitrogen and oxygen atoms in total. The second-order valence-corrected chi connectivity index (χ2v) is 9.37. The molecule has 2 fully saturated rings. The number of para-hydroxylation sites is 1. The lowest BCUT2D eigenvalue weighted by Crippen LogP contribution is -2.37. The number of nitrogens with two attached hydrogens (primary N) is 1. The third-order valence-corrected chi connectivity index (χ3v) is 7.24. The number of pyridine rings is 1. The number of nitrogen functional groups attached to an aromatic ring is 1. The second-order valence-electron chi connectivity index (χ2n) is 9.37. The summed E-state index contributed by atoms with van der Waals surface area (Å²) in [6, 6.07) is 22.6. The molecule has 0 amide bonds. The fourth-order valence-electron chi connectivity index (χ4n) is 5.52. The maximum atomic E-state index is 9.06. The Labute approximate surface area is 204 Å². The van der Waals surface area contributed by atoms with Crippen molar-refractivity contribution in [1.82, 2.24) is 4.98 Å². The number of rotatable bonds is 5. The van der Waals surface area contributed by atoms with E-state index in [1.54, 1.807) is 7.11 Å². The Hall–Kier alpha value is -3.90. The normalized spacial score (nSPS) is 18.9. The second kappa shape index (κ2) is 8.40. The number of methoxy groups -OCH3 is 1. The van der Waals surface area contributed by atoms with Crippen LogP contribution >= 0.6 is 0 Å². The largest absolute Gasteiger partial charge is 0.496 e. The van der Waals surface area contributed by atoms with Crippen LogP contribution in [0.4, 0.5) is 11.5 Å². The fraction of sp³-hybridized carbons (Fsp3) is 0.241. The monoisotopic (exact) mass is 464 g/mol. The minimum atomic E-state index is 0.289. The van der Waals surface area contributed by atoms with Crippen LogP contribution in [0.1, 0.15) is 23.1 Å². The van der Waals surface area contributed by atoms with Crippen LogP contribution in [0.3, 0.4) is 0 Å². The molecular weight excluding hydrogens is 436 g/mol. The number of nitrogens with zero attached hydrogens (tertiary/aromatic N) is 2. The molecule has 2 bridgehead atoms. The number of hydrogen-bond donors (Lipinski definition) is 2. The molecule has 2 aliphatic heterocycles. The van der Waals surface area contributed by atoms with Crippen molar-refractivity contribution in [2.45, 2.75) is 25.5 Å². The molecule has 0 unspecified atom stereocenters. The first-order valence-corrected chi connectivity index (χ1v) is 11.9. The van der Waals surface area contributed by atoms with Crippen LogP contribution in [0.25, 0.3) is 22.0 Å². The van der Waals surface area contributed by atoms with Gasteiger partial charge in [0, 0.05) is 23.1 Å². The van der Waals surface area contributed by atoms with Crippen LogP contribution in [0.2, 0.25) is 0 Å². The first-order chi connectivity index (χ1) is 17.0. The van der Waals surface area contributed by atoms with Gasteiger partial charge in [-0.05, 0) is 60.4 Å². The molecule has 3 aromatic carbocycles. The molecule has 0 spiro atoms. The van der Waals surface area contributed by atoms with Crippen LogP contribution < -0.4 is 15.4 Å². The van der Waals surface area contributed by atoms with E-state index in [4.69, 9.17) is 25.6 Å². The van der Waals surface area contributed by atoms with Gasteiger partial charge in [0.25, 0.3) is 0 Å². The molecule has 0 saturated carbocycles. The maximum Gasteiger partial charge on any atom is 0.147 e. The molecule has 3 heterocycles. The van der Waals surface area contributed by atoms with Crippen molar-refractivity contribution >= 4 is 28.1 Å². The Morgan fingerprint density at radius 1 is 1.09 bits per heavy atom. The number of benzene rings is 3. The zero-order chi connectivity index (χ0) is 24.1. The molecule has 6 heteroatoms. The first kappa shape index (κ1) is 21.6. The van der Waals surface area contributed by atoms with Gasteiger partial charge in [0.15, 0.2) is 0 Å². The summed E-state index contributed by atoms with van der Waals surface area (Å²) < 4.78 is 11.3. The molecule has 6 rings (SSSR count). The number of aromatic nitrogens is 1. The summed E-state index contributed by atoms with van der Waals surface area (Å²) in [4.78, 5) is 7.07. The number of fused-ring (bicyclic) bond motifs is 3. The summed E-state index contributed by atoms with van der Waals surface area (Å²) in [7, 11) is 1.64. The third-order valence-electron chi connectivity index (χ3n) is 7.24. The average molecular weight is 465 g/mol. The van der Waals surface area contributed by atoms with Crippen LogP contribution in [0.15, 0.2) is 66.7 Å². The average Bonchev–Trinajstić information content (AvgIpc) is 3.51. The highest BCUT2D eigenvalue weighted by molar-refractivity contribution is 6.16. The molecule has 35 heavy (non-hydrogen) atoms. The highest BCUT2D eigenvalue weighted by atomic mass is 16.5. The van der Waals surface area contributed by atoms with E-state index in [2.05, 4.69) is 36.1 Å². The van der Waals surface area contributed by atoms with Gasteiger partial charge in [-0.25, -0.2) is 4.98 Å². The Morgan fingerprint density at radius 3 is 2.69 bits per heavy atom. The van der Waals surface area contributed by atoms with Crippen molar-refractivity contribution < 1.29 is 9.47 Å². The lowest BCUT2D eigenvalue weighted by molar-refractivity contribution is 0.0992. The molecular formula is C29H28N4O2. The molecule has 176 valence electrons. The van der Waals surface area contributed by atoms with Crippen molar-refractivity contribution in [3.8, 4) is 16.9 Å². The minimum Gasteiger partial charge on any atom is -0.496 e. The van der Waals surface area contributed by atoms with Crippen LogP contribution in [-0.2, 0) is 4.74 Å². The molecule has 2 aliphatic rings. The van der Waals surface area contributed by atoms with Gasteiger partial charge in [-0.15, -0.1) is 0 Å². The summed E-state index contributed by atoms with van der Waals surface area (Å²) in [5, 5.41) is 10.1. The number of ether oxygens (including phenoxy) is 2. The lowest BCUT2D eigenvalue weighted by atomic mass is 9.89. The van der Waals surface area contributed by atoms with Crippen molar-refractivity contribution in [1.29, 1.82) is 5.41 Å². The summed E-state index contributed by atoms with van der Waals surface area (Å²) in [6.07, 6.45) is 1.34. The van der Waals surface area contributed by atoms with Gasteiger partial charge >= 0.3 is 0 Å². The van der Waals surface area contributed by atoms with E-state index in [-0.39, 0.29) is 6.10 Å². The Bertz CT molecular complexity index is 1460. The highest BCUT2D eigenvalue weighted by Gasteiger charge is 2.39. The predicted molar refractivity (Wildman–Crippen MR) is 141 cm³/mol. The van der Waals surface area contributed by atoms with Gasteiger partial charge in [-0.2, -0.15) is 0 Å². The van der Waals surface area contributed by atoms with Gasteiger partial charge in [-0.1, -0.05) is 36.4 Å². The summed E-state index contributed by atoms with van der Waals surface area (Å²) in [5.41, 5.74) is 13.5. The predicted octanol–water partition coefficient (Wildman–Crippen LogP) is 5.19. The van der Waals surface area contributed by atoms with Crippen LogP contribution in [-0.4, -0.2) is 43.1 Å². The van der Waals surface area contributed by atoms with E-state index in [1.165, 1.54) is 0 Å². The van der Waals surface area contributed by atoms with E-state index < -0.39 is 0 Å². The third kappa shape index (κ3) is 3.61. The summed E-state index contributed by atoms with van der Waals surface area (Å²) >= 11 is 0. The fourth-order valence-corrected chi connectivity index (χ4v) is 5.52. The number of morpholine rings is 1. The maximum absolute atomic E-state index is 9.06. The number of nitrogens with one attached hydrogen (secondary N) is 1. The molecule has 0 radical (unpaired) electrons. The summed E-state index contributed by atoms with van der Waals surface area (Å²) in [6.45, 7) is 3.70. The van der Waals surface area contributed by atoms with Gasteiger partial charge in [0.2, 0.25) is 0 Å². The number of anilines is 2. The molecule has 3 N–H and O–H groups in total. The van der Waals surface area contributed by atoms with Gasteiger partial charge in [0.05, 0.1) is 42.8 Å². The van der Waals surface area contributed by atoms with Crippen LogP contribution in [0, 0.1) is 12.3 Å². The van der Waals surface area contributed by atoms with Gasteiger partial charge < -0.3 is 20.1 Å². The first-order valence-electron chi connectivity index (χ1n) is 11.9. The Balaban J connectivity index is 1.46. The minimum absolute atomic E-state index is 0.289. The van der Waals surface area contributed by atoms with Crippen molar-refractivity contribution in [2.24, 2.45) is 0 Å². The highest BCUT2D eigenvalue weighted by Crippen LogP contribution is 2.38. The molecule has 4 aromatic rings. The van der Waals surface area contributed by atoms with Crippen molar-refractivity contribution in [2.75, 3.05) is 30.9 Å². The summed E-state index contributed by atoms with van der Waals surface area (Å²) in [5.74, 6) is 1.25. The van der Waals surface area contributed by atoms with E-state index in [0.29, 0.717) is 23.3 Å². The molecule has 2 saturated heterocycles. The van der Waals surface area contributed by atoms with Crippen LogP contribution in [0.5, 0.6) is 5.75 Å². The molecule has 2 atom stereocenters. The van der Waals surface area contributed by atoms with Crippen molar-refractivity contribution in [3.63, 3.8) is 0 Å². The zero-order valence-corrected chi connectivity index (χ0v) is 19.9. The van der Waals surface area contributed by atoms with Crippen molar-refractivity contribution in [3.05, 3.63) is 83.4 Å². The van der Waals surface area contributed by atoms with Gasteiger partial charge in [-0.3, -0.25) is 5.41 Å². The molecule has 0 aliphatic carbocycles. The smallest absolute Gasteiger partial charge is 0.147 e. The topological polar surface area (TPSA) is 84.5 Å². The Kier molecular flexibility index (Phi) is 5.19. The number of aryl methyl sites for hydroxylation is 1. The van der Waals surface area contributed by atoms with E-state index in [9.17, 15) is 0 Å². The van der Waals surface area contributed by atoms with E-state index in [0.717, 1.165) is 64.0 Å².